The van der Waals surface area contributed by atoms with Gasteiger partial charge in [-0.25, -0.2) is 0 Å². The lowest BCUT2D eigenvalue weighted by atomic mass is 9.80. The maximum Gasteiger partial charge on any atom is 0.265 e. The molecule has 3 heteroatoms. The summed E-state index contributed by atoms with van der Waals surface area (Å²) in [4.78, 5) is 11.9. The molecule has 78 valence electrons. The minimum atomic E-state index is -0.536. The Hall–Kier alpha value is -1.38. The van der Waals surface area contributed by atoms with Gasteiger partial charge in [0.25, 0.3) is 5.91 Å². The molecule has 1 aromatic carbocycles. The predicted octanol–water partition coefficient (Wildman–Crippen LogP) is 2.73. The zero-order valence-corrected chi connectivity index (χ0v) is 8.37. The fraction of sp³-hybridized carbons (Fsp3) is 0.417. The van der Waals surface area contributed by atoms with E-state index in [0.29, 0.717) is 10.8 Å². The largest absolute Gasteiger partial charge is 0.271 e. The molecule has 1 heterocycles. The third-order valence-corrected chi connectivity index (χ3v) is 3.68. The minimum Gasteiger partial charge on any atom is -0.271 e. The van der Waals surface area contributed by atoms with Gasteiger partial charge in [-0.3, -0.25) is 4.79 Å². The van der Waals surface area contributed by atoms with Crippen molar-refractivity contribution in [1.29, 1.82) is 0 Å². The van der Waals surface area contributed by atoms with E-state index >= 15 is 0 Å². The molecule has 0 bridgehead atoms. The Balaban J connectivity index is 2.22. The van der Waals surface area contributed by atoms with E-state index in [1.165, 1.54) is 0 Å². The summed E-state index contributed by atoms with van der Waals surface area (Å²) in [6.45, 7) is 0. The van der Waals surface area contributed by atoms with Gasteiger partial charge in [0.2, 0.25) is 0 Å². The molecule has 2 aliphatic rings. The number of carbonyl (C=O) groups is 1. The summed E-state index contributed by atoms with van der Waals surface area (Å²) in [5, 5.41) is 0.334. The van der Waals surface area contributed by atoms with Crippen LogP contribution in [0.3, 0.4) is 0 Å². The first-order chi connectivity index (χ1) is 7.26. The van der Waals surface area contributed by atoms with E-state index in [2.05, 4.69) is 0 Å². The molecule has 15 heavy (non-hydrogen) atoms. The second-order valence-electron chi connectivity index (χ2n) is 4.39. The first kappa shape index (κ1) is 8.89. The number of amides is 1. The lowest BCUT2D eigenvalue weighted by molar-refractivity contribution is -0.125. The van der Waals surface area contributed by atoms with Crippen LogP contribution in [0.5, 0.6) is 0 Å². The molecule has 0 N–H and O–H groups in total. The Morgan fingerprint density at radius 2 is 1.87 bits per heavy atom. The first-order valence-corrected chi connectivity index (χ1v) is 5.35. The molecule has 0 saturated heterocycles. The molecule has 1 aliphatic carbocycles. The van der Waals surface area contributed by atoms with Gasteiger partial charge in [-0.2, -0.15) is 0 Å². The van der Waals surface area contributed by atoms with Crippen LogP contribution in [0.25, 0.3) is 0 Å². The summed E-state index contributed by atoms with van der Waals surface area (Å²) in [5.74, 6) is -0.360. The molecule has 0 unspecified atom stereocenters. The minimum absolute atomic E-state index is 0.334. The molecule has 0 atom stereocenters. The lowest BCUT2D eigenvalue weighted by Gasteiger charge is -2.20. The van der Waals surface area contributed by atoms with Crippen molar-refractivity contribution in [2.75, 3.05) is 5.12 Å². The number of anilines is 1. The first-order valence-electron chi connectivity index (χ1n) is 5.35. The van der Waals surface area contributed by atoms with Crippen molar-refractivity contribution < 1.29 is 9.28 Å². The van der Waals surface area contributed by atoms with Crippen molar-refractivity contribution in [3.8, 4) is 0 Å². The van der Waals surface area contributed by atoms with E-state index < -0.39 is 5.41 Å². The van der Waals surface area contributed by atoms with Gasteiger partial charge in [0.15, 0.2) is 0 Å². The summed E-state index contributed by atoms with van der Waals surface area (Å²) >= 11 is 0. The molecule has 0 aromatic heterocycles. The Labute approximate surface area is 87.6 Å². The average molecular weight is 205 g/mol. The molecule has 2 nitrogen and oxygen atoms in total. The molecule has 1 spiro atoms. The molecule has 1 fully saturated rings. The molecule has 1 saturated carbocycles. The second-order valence-corrected chi connectivity index (χ2v) is 4.39. The normalized spacial score (nSPS) is 22.5. The Morgan fingerprint density at radius 1 is 1.20 bits per heavy atom. The third-order valence-electron chi connectivity index (χ3n) is 3.68. The second kappa shape index (κ2) is 2.81. The highest BCUT2D eigenvalue weighted by molar-refractivity contribution is 6.06. The van der Waals surface area contributed by atoms with Gasteiger partial charge < -0.3 is 0 Å². The van der Waals surface area contributed by atoms with Gasteiger partial charge in [-0.1, -0.05) is 35.5 Å². The van der Waals surface area contributed by atoms with Crippen LogP contribution in [-0.4, -0.2) is 5.91 Å². The fourth-order valence-electron chi connectivity index (χ4n) is 2.92. The molecular formula is C12H12FNO. The number of hydrogen-bond donors (Lipinski definition) is 0. The summed E-state index contributed by atoms with van der Waals surface area (Å²) in [5.41, 5.74) is 0.796. The van der Waals surface area contributed by atoms with Crippen LogP contribution in [0.15, 0.2) is 24.3 Å². The number of nitrogens with zero attached hydrogens (tertiary/aromatic N) is 1. The number of fused-ring (bicyclic) bond motifs is 2. The Morgan fingerprint density at radius 3 is 2.60 bits per heavy atom. The zero-order valence-electron chi connectivity index (χ0n) is 8.37. The highest BCUT2D eigenvalue weighted by atomic mass is 19.2. The van der Waals surface area contributed by atoms with E-state index in [4.69, 9.17) is 0 Å². The summed E-state index contributed by atoms with van der Waals surface area (Å²) in [6, 6.07) is 7.22. The van der Waals surface area contributed by atoms with E-state index in [9.17, 15) is 9.28 Å². The highest BCUT2D eigenvalue weighted by Gasteiger charge is 2.52. The van der Waals surface area contributed by atoms with E-state index in [1.807, 2.05) is 12.1 Å². The third kappa shape index (κ3) is 0.954. The van der Waals surface area contributed by atoms with Gasteiger partial charge in [-0.15, -0.1) is 5.12 Å². The summed E-state index contributed by atoms with van der Waals surface area (Å²) in [6.07, 6.45) is 3.63. The van der Waals surface area contributed by atoms with Crippen LogP contribution in [0, 0.1) is 0 Å². The van der Waals surface area contributed by atoms with Crippen LogP contribution < -0.4 is 5.12 Å². The van der Waals surface area contributed by atoms with Crippen molar-refractivity contribution in [1.82, 2.24) is 0 Å². The fourth-order valence-corrected chi connectivity index (χ4v) is 2.92. The van der Waals surface area contributed by atoms with Gasteiger partial charge in [0.05, 0.1) is 11.1 Å². The quantitative estimate of drug-likeness (QED) is 0.596. The molecular weight excluding hydrogens is 193 g/mol. The van der Waals surface area contributed by atoms with Crippen LogP contribution >= 0.6 is 0 Å². The van der Waals surface area contributed by atoms with Crippen LogP contribution in [0.2, 0.25) is 0 Å². The van der Waals surface area contributed by atoms with E-state index in [0.717, 1.165) is 31.2 Å². The number of carbonyl (C=O) groups excluding carboxylic acids is 1. The average Bonchev–Trinajstić information content (AvgIpc) is 2.83. The number of benzene rings is 1. The molecule has 1 aliphatic heterocycles. The smallest absolute Gasteiger partial charge is 0.265 e. The van der Waals surface area contributed by atoms with E-state index in [1.54, 1.807) is 12.1 Å². The molecule has 1 aromatic rings. The zero-order chi connectivity index (χ0) is 10.5. The van der Waals surface area contributed by atoms with Gasteiger partial charge in [-0.05, 0) is 24.5 Å². The number of hydrogen-bond acceptors (Lipinski definition) is 1. The standard InChI is InChI=1S/C12H12FNO/c13-14-10-6-2-1-5-9(10)12(11(14)15)7-3-4-8-12/h1-2,5-6H,3-4,7-8H2. The lowest BCUT2D eigenvalue weighted by Crippen LogP contribution is -2.34. The van der Waals surface area contributed by atoms with Crippen LogP contribution in [0.4, 0.5) is 10.2 Å². The topological polar surface area (TPSA) is 20.3 Å². The Bertz CT molecular complexity index is 423. The highest BCUT2D eigenvalue weighted by Crippen LogP contribution is 2.51. The van der Waals surface area contributed by atoms with E-state index in [-0.39, 0.29) is 5.91 Å². The molecule has 3 rings (SSSR count). The number of halogens is 1. The van der Waals surface area contributed by atoms with Crippen molar-refractivity contribution in [3.05, 3.63) is 29.8 Å². The number of para-hydroxylation sites is 1. The van der Waals surface area contributed by atoms with Gasteiger partial charge >= 0.3 is 0 Å². The van der Waals surface area contributed by atoms with Gasteiger partial charge in [0.1, 0.15) is 0 Å². The molecule has 0 radical (unpaired) electrons. The summed E-state index contributed by atoms with van der Waals surface area (Å²) in [7, 11) is 0. The maximum absolute atomic E-state index is 13.7. The van der Waals surface area contributed by atoms with Crippen LogP contribution in [0.1, 0.15) is 31.2 Å². The summed E-state index contributed by atoms with van der Waals surface area (Å²) < 4.78 is 13.7. The van der Waals surface area contributed by atoms with Crippen molar-refractivity contribution in [3.63, 3.8) is 0 Å². The number of rotatable bonds is 0. The molecule has 1 amide bonds. The van der Waals surface area contributed by atoms with Crippen molar-refractivity contribution in [2.45, 2.75) is 31.1 Å². The van der Waals surface area contributed by atoms with Crippen LogP contribution in [-0.2, 0) is 10.2 Å². The van der Waals surface area contributed by atoms with Gasteiger partial charge in [0, 0.05) is 0 Å². The Kier molecular flexibility index (Phi) is 1.67. The SMILES string of the molecule is O=C1N(F)c2ccccc2C12CCCC2. The monoisotopic (exact) mass is 205 g/mol. The van der Waals surface area contributed by atoms with Crippen molar-refractivity contribution >= 4 is 11.6 Å². The predicted molar refractivity (Wildman–Crippen MR) is 55.2 cm³/mol. The maximum atomic E-state index is 13.7. The van der Waals surface area contributed by atoms with Crippen molar-refractivity contribution in [2.24, 2.45) is 0 Å².